The molecule has 0 aliphatic heterocycles. The third kappa shape index (κ3) is 5.18. The highest BCUT2D eigenvalue weighted by Crippen LogP contribution is 2.22. The molecule has 1 aromatic rings. The number of carbonyl (C=O) groups excluding carboxylic acids is 2. The summed E-state index contributed by atoms with van der Waals surface area (Å²) in [4.78, 5) is 23.6. The molecule has 114 valence electrons. The zero-order valence-corrected chi connectivity index (χ0v) is 14.4. The molecule has 2 amide bonds. The number of hydrogen-bond acceptors (Lipinski definition) is 3. The van der Waals surface area contributed by atoms with E-state index in [1.54, 1.807) is 12.1 Å². The van der Waals surface area contributed by atoms with Crippen LogP contribution in [0.2, 0.25) is 0 Å². The Morgan fingerprint density at radius 1 is 1.14 bits per heavy atom. The molecule has 0 spiro atoms. The van der Waals surface area contributed by atoms with Gasteiger partial charge in [0.15, 0.2) is 0 Å². The monoisotopic (exact) mass is 402 g/mol. The van der Waals surface area contributed by atoms with Gasteiger partial charge in [0.2, 0.25) is 0 Å². The van der Waals surface area contributed by atoms with Gasteiger partial charge in [0, 0.05) is 9.13 Å². The van der Waals surface area contributed by atoms with Crippen LogP contribution in [-0.2, 0) is 4.74 Å². The zero-order chi connectivity index (χ0) is 15.6. The van der Waals surface area contributed by atoms with Gasteiger partial charge in [-0.3, -0.25) is 4.79 Å². The highest BCUT2D eigenvalue weighted by molar-refractivity contribution is 14.1. The Morgan fingerprint density at radius 2 is 1.71 bits per heavy atom. The molecule has 1 aliphatic carbocycles. The van der Waals surface area contributed by atoms with Crippen LogP contribution < -0.4 is 10.6 Å². The van der Waals surface area contributed by atoms with E-state index in [9.17, 15) is 9.59 Å². The largest absolute Gasteiger partial charge is 0.444 e. The minimum Gasteiger partial charge on any atom is -0.444 e. The fourth-order valence-corrected chi connectivity index (χ4v) is 2.19. The lowest BCUT2D eigenvalue weighted by Crippen LogP contribution is -2.37. The number of alkyl carbamates (subject to hydrolysis) is 1. The van der Waals surface area contributed by atoms with Gasteiger partial charge in [0.1, 0.15) is 5.60 Å². The maximum absolute atomic E-state index is 12.0. The quantitative estimate of drug-likeness (QED) is 0.765. The maximum atomic E-state index is 12.0. The van der Waals surface area contributed by atoms with E-state index in [0.29, 0.717) is 5.56 Å². The topological polar surface area (TPSA) is 67.4 Å². The lowest BCUT2D eigenvalue weighted by Gasteiger charge is -2.19. The number of nitrogens with one attached hydrogen (secondary N) is 2. The molecule has 2 atom stereocenters. The Labute approximate surface area is 138 Å². The van der Waals surface area contributed by atoms with Crippen molar-refractivity contribution in [3.63, 3.8) is 0 Å². The molecule has 2 rings (SSSR count). The van der Waals surface area contributed by atoms with Crippen LogP contribution in [0.15, 0.2) is 24.3 Å². The van der Waals surface area contributed by atoms with Crippen molar-refractivity contribution in [3.8, 4) is 0 Å². The molecule has 0 saturated heterocycles. The Hall–Kier alpha value is -1.31. The lowest BCUT2D eigenvalue weighted by molar-refractivity contribution is 0.0520. The maximum Gasteiger partial charge on any atom is 0.407 e. The normalized spacial score (nSPS) is 20.6. The van der Waals surface area contributed by atoms with E-state index >= 15 is 0 Å². The Morgan fingerprint density at radius 3 is 2.29 bits per heavy atom. The summed E-state index contributed by atoms with van der Waals surface area (Å²) < 4.78 is 6.26. The second-order valence-electron chi connectivity index (χ2n) is 6.08. The molecule has 21 heavy (non-hydrogen) atoms. The smallest absolute Gasteiger partial charge is 0.407 e. The van der Waals surface area contributed by atoms with Crippen molar-refractivity contribution >= 4 is 34.6 Å². The van der Waals surface area contributed by atoms with Crippen molar-refractivity contribution in [2.75, 3.05) is 0 Å². The first-order valence-corrected chi connectivity index (χ1v) is 7.88. The predicted octanol–water partition coefficient (Wildman–Crippen LogP) is 2.69. The number of benzene rings is 1. The van der Waals surface area contributed by atoms with Crippen molar-refractivity contribution in [2.45, 2.75) is 44.9 Å². The van der Waals surface area contributed by atoms with E-state index in [0.717, 1.165) is 9.99 Å². The van der Waals surface area contributed by atoms with E-state index < -0.39 is 11.7 Å². The van der Waals surface area contributed by atoms with Crippen LogP contribution in [0.5, 0.6) is 0 Å². The van der Waals surface area contributed by atoms with Crippen LogP contribution in [0, 0.1) is 3.57 Å². The molecule has 0 radical (unpaired) electrons. The summed E-state index contributed by atoms with van der Waals surface area (Å²) in [7, 11) is 0. The summed E-state index contributed by atoms with van der Waals surface area (Å²) in [5.41, 5.74) is 0.108. The van der Waals surface area contributed by atoms with Gasteiger partial charge in [-0.05, 0) is 74.0 Å². The number of halogens is 1. The van der Waals surface area contributed by atoms with Crippen LogP contribution in [0.4, 0.5) is 4.79 Å². The molecule has 5 nitrogen and oxygen atoms in total. The Bertz CT molecular complexity index is 537. The number of ether oxygens (including phenoxy) is 1. The Kier molecular flexibility index (Phi) is 4.75. The van der Waals surface area contributed by atoms with Gasteiger partial charge in [-0.25, -0.2) is 4.79 Å². The minimum absolute atomic E-state index is 0.0238. The van der Waals surface area contributed by atoms with Gasteiger partial charge < -0.3 is 15.4 Å². The van der Waals surface area contributed by atoms with Gasteiger partial charge in [-0.1, -0.05) is 0 Å². The van der Waals surface area contributed by atoms with Crippen molar-refractivity contribution < 1.29 is 14.3 Å². The summed E-state index contributed by atoms with van der Waals surface area (Å²) in [6.45, 7) is 5.44. The molecule has 0 bridgehead atoms. The van der Waals surface area contributed by atoms with Crippen LogP contribution in [0.25, 0.3) is 0 Å². The SMILES string of the molecule is CC(C)(C)OC(=O)NC1CC1NC(=O)c1ccc(I)cc1. The molecule has 2 unspecified atom stereocenters. The molecule has 6 heteroatoms. The number of amides is 2. The van der Waals surface area contributed by atoms with Gasteiger partial charge >= 0.3 is 6.09 Å². The van der Waals surface area contributed by atoms with Crippen molar-refractivity contribution in [1.82, 2.24) is 10.6 Å². The second-order valence-corrected chi connectivity index (χ2v) is 7.32. The van der Waals surface area contributed by atoms with E-state index in [2.05, 4.69) is 33.2 Å². The lowest BCUT2D eigenvalue weighted by atomic mass is 10.2. The number of carbonyl (C=O) groups is 2. The molecule has 1 fully saturated rings. The third-order valence-corrected chi connectivity index (χ3v) is 3.63. The fourth-order valence-electron chi connectivity index (χ4n) is 1.83. The molecule has 1 saturated carbocycles. The summed E-state index contributed by atoms with van der Waals surface area (Å²) in [6.07, 6.45) is 0.286. The van der Waals surface area contributed by atoms with E-state index in [1.807, 2.05) is 32.9 Å². The first-order valence-electron chi connectivity index (χ1n) is 6.80. The highest BCUT2D eigenvalue weighted by Gasteiger charge is 2.40. The summed E-state index contributed by atoms with van der Waals surface area (Å²) in [6, 6.07) is 7.28. The highest BCUT2D eigenvalue weighted by atomic mass is 127. The Balaban J connectivity index is 1.78. The van der Waals surface area contributed by atoms with Gasteiger partial charge in [-0.15, -0.1) is 0 Å². The van der Waals surface area contributed by atoms with Crippen molar-refractivity contribution in [3.05, 3.63) is 33.4 Å². The van der Waals surface area contributed by atoms with Crippen LogP contribution in [0.1, 0.15) is 37.6 Å². The van der Waals surface area contributed by atoms with Gasteiger partial charge in [-0.2, -0.15) is 0 Å². The predicted molar refractivity (Wildman–Crippen MR) is 88.2 cm³/mol. The number of hydrogen-bond donors (Lipinski definition) is 2. The summed E-state index contributed by atoms with van der Waals surface area (Å²) in [5.74, 6) is -0.120. The minimum atomic E-state index is -0.515. The van der Waals surface area contributed by atoms with Crippen molar-refractivity contribution in [2.24, 2.45) is 0 Å². The second kappa shape index (κ2) is 6.21. The zero-order valence-electron chi connectivity index (χ0n) is 12.3. The van der Waals surface area contributed by atoms with Crippen LogP contribution in [0.3, 0.4) is 0 Å². The molecule has 2 N–H and O–H groups in total. The molecule has 1 aliphatic rings. The summed E-state index contributed by atoms with van der Waals surface area (Å²) in [5, 5.41) is 5.65. The standard InChI is InChI=1S/C15H19IN2O3/c1-15(2,3)21-14(20)18-12-8-11(12)17-13(19)9-4-6-10(16)7-5-9/h4-7,11-12H,8H2,1-3H3,(H,17,19)(H,18,20). The third-order valence-electron chi connectivity index (χ3n) is 2.92. The average molecular weight is 402 g/mol. The molecular formula is C15H19IN2O3. The van der Waals surface area contributed by atoms with E-state index in [-0.39, 0.29) is 18.0 Å². The van der Waals surface area contributed by atoms with E-state index in [4.69, 9.17) is 4.74 Å². The first kappa shape index (κ1) is 16.1. The van der Waals surface area contributed by atoms with Crippen LogP contribution >= 0.6 is 22.6 Å². The summed E-state index contributed by atoms with van der Waals surface area (Å²) >= 11 is 2.19. The molecule has 1 aromatic carbocycles. The number of rotatable bonds is 3. The molecule has 0 heterocycles. The van der Waals surface area contributed by atoms with Crippen molar-refractivity contribution in [1.29, 1.82) is 0 Å². The average Bonchev–Trinajstić information content (AvgIpc) is 3.05. The molecule has 0 aromatic heterocycles. The van der Waals surface area contributed by atoms with E-state index in [1.165, 1.54) is 0 Å². The van der Waals surface area contributed by atoms with Gasteiger partial charge in [0.25, 0.3) is 5.91 Å². The first-order chi connectivity index (χ1) is 9.74. The fraction of sp³-hybridized carbons (Fsp3) is 0.467. The molecular weight excluding hydrogens is 383 g/mol. The van der Waals surface area contributed by atoms with Crippen LogP contribution in [-0.4, -0.2) is 29.7 Å². The van der Waals surface area contributed by atoms with Gasteiger partial charge in [0.05, 0.1) is 12.1 Å².